The Kier molecular flexibility index (Phi) is 6.85. The van der Waals surface area contributed by atoms with E-state index < -0.39 is 6.04 Å². The Morgan fingerprint density at radius 2 is 1.78 bits per heavy atom. The zero-order valence-electron chi connectivity index (χ0n) is 15.9. The lowest BCUT2D eigenvalue weighted by molar-refractivity contribution is -0.122. The van der Waals surface area contributed by atoms with Crippen LogP contribution in [0, 0.1) is 0 Å². The van der Waals surface area contributed by atoms with Gasteiger partial charge in [-0.05, 0) is 55.6 Å². The molecule has 1 aliphatic heterocycles. The minimum atomic E-state index is -0.539. The Labute approximate surface area is 161 Å². The van der Waals surface area contributed by atoms with E-state index >= 15 is 0 Å². The molecule has 1 amide bonds. The van der Waals surface area contributed by atoms with Gasteiger partial charge >= 0.3 is 0 Å². The summed E-state index contributed by atoms with van der Waals surface area (Å²) in [5, 5.41) is 3.07. The number of carbonyl (C=O) groups excluding carboxylic acids is 1. The lowest BCUT2D eigenvalue weighted by atomic mass is 10.0. The number of hydrogen-bond donors (Lipinski definition) is 2. The van der Waals surface area contributed by atoms with E-state index in [0.717, 1.165) is 24.4 Å². The molecule has 5 nitrogen and oxygen atoms in total. The lowest BCUT2D eigenvalue weighted by Gasteiger charge is -2.29. The van der Waals surface area contributed by atoms with E-state index in [4.69, 9.17) is 10.5 Å². The molecular formula is C22H29N3O2. The summed E-state index contributed by atoms with van der Waals surface area (Å²) in [6.07, 6.45) is 2.95. The van der Waals surface area contributed by atoms with Crippen molar-refractivity contribution in [3.8, 4) is 5.75 Å². The summed E-state index contributed by atoms with van der Waals surface area (Å²) < 4.78 is 5.26. The summed E-state index contributed by atoms with van der Waals surface area (Å²) in [5.74, 6) is 0.740. The van der Waals surface area contributed by atoms with Gasteiger partial charge in [0.2, 0.25) is 5.91 Å². The van der Waals surface area contributed by atoms with Crippen LogP contribution in [0.3, 0.4) is 0 Å². The van der Waals surface area contributed by atoms with E-state index in [1.165, 1.54) is 18.4 Å². The Balaban J connectivity index is 1.62. The molecule has 0 spiro atoms. The highest BCUT2D eigenvalue weighted by atomic mass is 16.5. The maximum atomic E-state index is 12.5. The molecule has 5 heteroatoms. The number of rotatable bonds is 8. The molecule has 0 saturated carbocycles. The van der Waals surface area contributed by atoms with Crippen LogP contribution >= 0.6 is 0 Å². The second-order valence-corrected chi connectivity index (χ2v) is 7.07. The molecule has 0 bridgehead atoms. The molecule has 0 radical (unpaired) electrons. The van der Waals surface area contributed by atoms with Gasteiger partial charge in [-0.3, -0.25) is 9.69 Å². The Hall–Kier alpha value is -2.37. The van der Waals surface area contributed by atoms with E-state index in [1.54, 1.807) is 7.11 Å². The quantitative estimate of drug-likeness (QED) is 0.752. The number of benzene rings is 2. The topological polar surface area (TPSA) is 67.6 Å². The van der Waals surface area contributed by atoms with Gasteiger partial charge < -0.3 is 15.8 Å². The smallest absolute Gasteiger partial charge is 0.237 e. The van der Waals surface area contributed by atoms with Crippen LogP contribution in [-0.4, -0.2) is 43.6 Å². The molecule has 27 heavy (non-hydrogen) atoms. The summed E-state index contributed by atoms with van der Waals surface area (Å²) in [5.41, 5.74) is 8.39. The molecule has 3 N–H and O–H groups in total. The average molecular weight is 367 g/mol. The molecule has 144 valence electrons. The van der Waals surface area contributed by atoms with E-state index in [2.05, 4.69) is 22.3 Å². The predicted molar refractivity (Wildman–Crippen MR) is 108 cm³/mol. The minimum Gasteiger partial charge on any atom is -0.497 e. The molecular weight excluding hydrogens is 338 g/mol. The number of hydrogen-bond acceptors (Lipinski definition) is 4. The highest BCUT2D eigenvalue weighted by molar-refractivity contribution is 5.81. The third-order valence-electron chi connectivity index (χ3n) is 5.19. The summed E-state index contributed by atoms with van der Waals surface area (Å²) >= 11 is 0. The zero-order valence-corrected chi connectivity index (χ0v) is 15.9. The Morgan fingerprint density at radius 3 is 2.41 bits per heavy atom. The van der Waals surface area contributed by atoms with Crippen LogP contribution < -0.4 is 15.8 Å². The molecule has 0 aliphatic carbocycles. The summed E-state index contributed by atoms with van der Waals surface area (Å²) in [4.78, 5) is 15.0. The highest BCUT2D eigenvalue weighted by Crippen LogP contribution is 2.26. The van der Waals surface area contributed by atoms with E-state index in [9.17, 15) is 4.79 Å². The molecule has 2 aromatic rings. The number of carbonyl (C=O) groups is 1. The first-order valence-corrected chi connectivity index (χ1v) is 9.62. The van der Waals surface area contributed by atoms with Crippen molar-refractivity contribution in [3.05, 3.63) is 65.7 Å². The molecule has 0 aromatic heterocycles. The first kappa shape index (κ1) is 19.4. The lowest BCUT2D eigenvalue weighted by Crippen LogP contribution is -2.45. The van der Waals surface area contributed by atoms with Crippen molar-refractivity contribution >= 4 is 5.91 Å². The van der Waals surface area contributed by atoms with E-state index in [0.29, 0.717) is 13.0 Å². The van der Waals surface area contributed by atoms with Crippen molar-refractivity contribution < 1.29 is 9.53 Å². The fourth-order valence-electron chi connectivity index (χ4n) is 3.63. The number of amides is 1. The van der Waals surface area contributed by atoms with Crippen LogP contribution in [0.25, 0.3) is 0 Å². The normalized spacial score (nSPS) is 16.7. The van der Waals surface area contributed by atoms with Crippen LogP contribution in [0.2, 0.25) is 0 Å². The van der Waals surface area contributed by atoms with Gasteiger partial charge in [0.15, 0.2) is 0 Å². The number of nitrogens with one attached hydrogen (secondary N) is 1. The molecule has 1 heterocycles. The van der Waals surface area contributed by atoms with Gasteiger partial charge in [-0.2, -0.15) is 0 Å². The molecule has 1 saturated heterocycles. The number of nitrogens with two attached hydrogens (primary N) is 1. The summed E-state index contributed by atoms with van der Waals surface area (Å²) in [6.45, 7) is 2.68. The second-order valence-electron chi connectivity index (χ2n) is 7.07. The second kappa shape index (κ2) is 9.53. The maximum absolute atomic E-state index is 12.5. The van der Waals surface area contributed by atoms with Gasteiger partial charge in [-0.15, -0.1) is 0 Å². The van der Waals surface area contributed by atoms with Crippen molar-refractivity contribution in [2.75, 3.05) is 26.7 Å². The van der Waals surface area contributed by atoms with Crippen molar-refractivity contribution in [2.24, 2.45) is 5.73 Å². The third kappa shape index (κ3) is 5.31. The van der Waals surface area contributed by atoms with Gasteiger partial charge in [0.1, 0.15) is 5.75 Å². The van der Waals surface area contributed by atoms with Gasteiger partial charge in [0, 0.05) is 6.54 Å². The van der Waals surface area contributed by atoms with Crippen LogP contribution in [0.15, 0.2) is 54.6 Å². The SMILES string of the molecule is COc1ccc(C(CNC(=O)C(N)Cc2ccccc2)N2CCCC2)cc1. The number of likely N-dealkylation sites (tertiary alicyclic amines) is 1. The van der Waals surface area contributed by atoms with Gasteiger partial charge in [0.25, 0.3) is 0 Å². The molecule has 3 rings (SSSR count). The number of methoxy groups -OCH3 is 1. The number of nitrogens with zero attached hydrogens (tertiary/aromatic N) is 1. The Bertz CT molecular complexity index is 712. The maximum Gasteiger partial charge on any atom is 0.237 e. The average Bonchev–Trinajstić information content (AvgIpc) is 3.23. The molecule has 2 unspecified atom stereocenters. The van der Waals surface area contributed by atoms with Crippen LogP contribution in [0.4, 0.5) is 0 Å². The molecule has 2 aromatic carbocycles. The van der Waals surface area contributed by atoms with Crippen LogP contribution in [0.5, 0.6) is 5.75 Å². The van der Waals surface area contributed by atoms with Crippen molar-refractivity contribution in [2.45, 2.75) is 31.3 Å². The van der Waals surface area contributed by atoms with Gasteiger partial charge in [0.05, 0.1) is 19.2 Å². The standard InChI is InChI=1S/C22H29N3O2/c1-27-19-11-9-18(10-12-19)21(25-13-5-6-14-25)16-24-22(26)20(23)15-17-7-3-2-4-8-17/h2-4,7-12,20-21H,5-6,13-16,23H2,1H3,(H,24,26). The monoisotopic (exact) mass is 367 g/mol. The molecule has 1 fully saturated rings. The molecule has 2 atom stereocenters. The van der Waals surface area contributed by atoms with Crippen molar-refractivity contribution in [3.63, 3.8) is 0 Å². The fourth-order valence-corrected chi connectivity index (χ4v) is 3.63. The van der Waals surface area contributed by atoms with E-state index in [1.807, 2.05) is 42.5 Å². The largest absolute Gasteiger partial charge is 0.497 e. The first-order valence-electron chi connectivity index (χ1n) is 9.62. The highest BCUT2D eigenvalue weighted by Gasteiger charge is 2.25. The fraction of sp³-hybridized carbons (Fsp3) is 0.409. The Morgan fingerprint density at radius 1 is 1.11 bits per heavy atom. The zero-order chi connectivity index (χ0) is 19.1. The van der Waals surface area contributed by atoms with Crippen LogP contribution in [0.1, 0.15) is 30.0 Å². The van der Waals surface area contributed by atoms with Crippen molar-refractivity contribution in [1.29, 1.82) is 0 Å². The molecule has 1 aliphatic rings. The van der Waals surface area contributed by atoms with Crippen LogP contribution in [-0.2, 0) is 11.2 Å². The number of ether oxygens (including phenoxy) is 1. The predicted octanol–water partition coefficient (Wildman–Crippen LogP) is 2.52. The minimum absolute atomic E-state index is 0.100. The summed E-state index contributed by atoms with van der Waals surface area (Å²) in [6, 6.07) is 17.6. The summed E-state index contributed by atoms with van der Waals surface area (Å²) in [7, 11) is 1.67. The third-order valence-corrected chi connectivity index (χ3v) is 5.19. The van der Waals surface area contributed by atoms with Crippen molar-refractivity contribution in [1.82, 2.24) is 10.2 Å². The first-order chi connectivity index (χ1) is 13.2. The van der Waals surface area contributed by atoms with Gasteiger partial charge in [-0.25, -0.2) is 0 Å². The van der Waals surface area contributed by atoms with Gasteiger partial charge in [-0.1, -0.05) is 42.5 Å². The van der Waals surface area contributed by atoms with E-state index in [-0.39, 0.29) is 11.9 Å².